The lowest BCUT2D eigenvalue weighted by Gasteiger charge is -2.16. The Bertz CT molecular complexity index is 308. The number of nitrogens with one attached hydrogen (secondary N) is 1. The average Bonchev–Trinajstić information content (AvgIpc) is 2.54. The summed E-state index contributed by atoms with van der Waals surface area (Å²) in [6.07, 6.45) is 0. The van der Waals surface area contributed by atoms with E-state index in [4.69, 9.17) is 5.84 Å². The van der Waals surface area contributed by atoms with Crippen LogP contribution in [0.25, 0.3) is 0 Å². The highest BCUT2D eigenvalue weighted by Crippen LogP contribution is 2.23. The van der Waals surface area contributed by atoms with Crippen LogP contribution in [-0.2, 0) is 7.05 Å². The molecule has 0 aliphatic rings. The number of rotatable bonds is 6. The maximum Gasteiger partial charge on any atom is 0.153 e. The van der Waals surface area contributed by atoms with Crippen LogP contribution in [0.4, 0.5) is 0 Å². The Morgan fingerprint density at radius 3 is 2.62 bits per heavy atom. The molecule has 0 aromatic carbocycles. The van der Waals surface area contributed by atoms with Gasteiger partial charge < -0.3 is 0 Å². The first-order valence-electron chi connectivity index (χ1n) is 5.15. The Kier molecular flexibility index (Phi) is 5.74. The molecule has 16 heavy (non-hydrogen) atoms. The van der Waals surface area contributed by atoms with Crippen LogP contribution in [0.2, 0.25) is 0 Å². The molecule has 7 heteroatoms. The molecule has 1 atom stereocenters. The van der Waals surface area contributed by atoms with Crippen LogP contribution < -0.4 is 11.3 Å². The first-order chi connectivity index (χ1) is 7.56. The molecular weight excluding hydrogens is 290 g/mol. The number of aryl methyl sites for hydroxylation is 1. The molecule has 1 aromatic heterocycles. The SMILES string of the molecule is CC(C)CSCC(NN)c1c(Br)nnn1C. The van der Waals surface area contributed by atoms with Gasteiger partial charge in [-0.05, 0) is 27.6 Å². The third kappa shape index (κ3) is 3.73. The van der Waals surface area contributed by atoms with E-state index in [1.807, 2.05) is 18.8 Å². The van der Waals surface area contributed by atoms with E-state index in [0.29, 0.717) is 5.92 Å². The summed E-state index contributed by atoms with van der Waals surface area (Å²) in [6, 6.07) is 0.0677. The Morgan fingerprint density at radius 1 is 1.50 bits per heavy atom. The molecule has 5 nitrogen and oxygen atoms in total. The molecule has 0 aliphatic carbocycles. The minimum absolute atomic E-state index is 0.0677. The fourth-order valence-electron chi connectivity index (χ4n) is 1.34. The summed E-state index contributed by atoms with van der Waals surface area (Å²) in [4.78, 5) is 0. The van der Waals surface area contributed by atoms with Crippen molar-refractivity contribution in [2.45, 2.75) is 19.9 Å². The number of halogens is 1. The lowest BCUT2D eigenvalue weighted by Crippen LogP contribution is -2.31. The molecule has 0 bridgehead atoms. The van der Waals surface area contributed by atoms with Crippen molar-refractivity contribution < 1.29 is 0 Å². The molecule has 1 rings (SSSR count). The zero-order valence-corrected chi connectivity index (χ0v) is 12.2. The lowest BCUT2D eigenvalue weighted by atomic mass is 10.2. The van der Waals surface area contributed by atoms with E-state index < -0.39 is 0 Å². The predicted molar refractivity (Wildman–Crippen MR) is 70.9 cm³/mol. The molecular formula is C9H18BrN5S. The maximum atomic E-state index is 5.57. The quantitative estimate of drug-likeness (QED) is 0.615. The van der Waals surface area contributed by atoms with Gasteiger partial charge in [0.2, 0.25) is 0 Å². The summed E-state index contributed by atoms with van der Waals surface area (Å²) in [5, 5.41) is 7.90. The molecule has 0 spiro atoms. The maximum absolute atomic E-state index is 5.57. The van der Waals surface area contributed by atoms with Gasteiger partial charge >= 0.3 is 0 Å². The van der Waals surface area contributed by atoms with Gasteiger partial charge in [-0.15, -0.1) is 5.10 Å². The number of hydrogen-bond acceptors (Lipinski definition) is 5. The Morgan fingerprint density at radius 2 is 2.19 bits per heavy atom. The van der Waals surface area contributed by atoms with Crippen LogP contribution in [-0.4, -0.2) is 26.5 Å². The van der Waals surface area contributed by atoms with Gasteiger partial charge in [0.15, 0.2) is 4.60 Å². The van der Waals surface area contributed by atoms with E-state index in [0.717, 1.165) is 21.8 Å². The van der Waals surface area contributed by atoms with Gasteiger partial charge in [-0.2, -0.15) is 11.8 Å². The van der Waals surface area contributed by atoms with Gasteiger partial charge in [0, 0.05) is 12.8 Å². The number of hydrazine groups is 1. The van der Waals surface area contributed by atoms with Crippen LogP contribution in [0.15, 0.2) is 4.60 Å². The summed E-state index contributed by atoms with van der Waals surface area (Å²) in [5.74, 6) is 8.29. The molecule has 0 amide bonds. The summed E-state index contributed by atoms with van der Waals surface area (Å²) in [5.41, 5.74) is 3.79. The van der Waals surface area contributed by atoms with Crippen molar-refractivity contribution in [3.63, 3.8) is 0 Å². The smallest absolute Gasteiger partial charge is 0.153 e. The van der Waals surface area contributed by atoms with Crippen molar-refractivity contribution >= 4 is 27.7 Å². The van der Waals surface area contributed by atoms with E-state index in [1.54, 1.807) is 4.68 Å². The highest BCUT2D eigenvalue weighted by Gasteiger charge is 2.18. The molecule has 0 saturated heterocycles. The predicted octanol–water partition coefficient (Wildman–Crippen LogP) is 1.47. The highest BCUT2D eigenvalue weighted by atomic mass is 79.9. The summed E-state index contributed by atoms with van der Waals surface area (Å²) < 4.78 is 2.49. The van der Waals surface area contributed by atoms with Gasteiger partial charge in [0.25, 0.3) is 0 Å². The fourth-order valence-corrected chi connectivity index (χ4v) is 3.04. The van der Waals surface area contributed by atoms with E-state index >= 15 is 0 Å². The fraction of sp³-hybridized carbons (Fsp3) is 0.778. The summed E-state index contributed by atoms with van der Waals surface area (Å²) in [6.45, 7) is 4.42. The second kappa shape index (κ2) is 6.58. The van der Waals surface area contributed by atoms with Crippen molar-refractivity contribution in [2.24, 2.45) is 18.8 Å². The topological polar surface area (TPSA) is 68.8 Å². The largest absolute Gasteiger partial charge is 0.271 e. The number of nitrogens with two attached hydrogens (primary N) is 1. The number of hydrogen-bond donors (Lipinski definition) is 2. The van der Waals surface area contributed by atoms with Crippen LogP contribution >= 0.6 is 27.7 Å². The van der Waals surface area contributed by atoms with Crippen molar-refractivity contribution in [2.75, 3.05) is 11.5 Å². The van der Waals surface area contributed by atoms with Crippen molar-refractivity contribution in [1.29, 1.82) is 0 Å². The lowest BCUT2D eigenvalue weighted by molar-refractivity contribution is 0.549. The van der Waals surface area contributed by atoms with E-state index in [9.17, 15) is 0 Å². The first kappa shape index (κ1) is 14.0. The van der Waals surface area contributed by atoms with E-state index in [-0.39, 0.29) is 6.04 Å². The first-order valence-corrected chi connectivity index (χ1v) is 7.10. The third-order valence-corrected chi connectivity index (χ3v) is 4.13. The zero-order valence-electron chi connectivity index (χ0n) is 9.77. The third-order valence-electron chi connectivity index (χ3n) is 2.09. The Hall–Kier alpha value is -0.110. The second-order valence-corrected chi connectivity index (χ2v) is 5.87. The van der Waals surface area contributed by atoms with Gasteiger partial charge in [-0.25, -0.2) is 4.68 Å². The monoisotopic (exact) mass is 307 g/mol. The second-order valence-electron chi connectivity index (χ2n) is 4.04. The van der Waals surface area contributed by atoms with Gasteiger partial charge in [-0.1, -0.05) is 19.1 Å². The van der Waals surface area contributed by atoms with E-state index in [2.05, 4.69) is 45.5 Å². The molecule has 0 radical (unpaired) electrons. The van der Waals surface area contributed by atoms with Crippen molar-refractivity contribution in [3.8, 4) is 0 Å². The average molecular weight is 308 g/mol. The Balaban J connectivity index is 2.61. The minimum atomic E-state index is 0.0677. The molecule has 0 aliphatic heterocycles. The zero-order chi connectivity index (χ0) is 12.1. The van der Waals surface area contributed by atoms with Crippen LogP contribution in [0.3, 0.4) is 0 Å². The van der Waals surface area contributed by atoms with Crippen molar-refractivity contribution in [1.82, 2.24) is 20.4 Å². The number of aromatic nitrogens is 3. The molecule has 92 valence electrons. The molecule has 3 N–H and O–H groups in total. The van der Waals surface area contributed by atoms with Gasteiger partial charge in [0.05, 0.1) is 11.7 Å². The highest BCUT2D eigenvalue weighted by molar-refractivity contribution is 9.10. The molecule has 0 fully saturated rings. The van der Waals surface area contributed by atoms with Gasteiger partial charge in [-0.3, -0.25) is 11.3 Å². The number of nitrogens with zero attached hydrogens (tertiary/aromatic N) is 3. The molecule has 0 saturated carbocycles. The van der Waals surface area contributed by atoms with Crippen molar-refractivity contribution in [3.05, 3.63) is 10.3 Å². The van der Waals surface area contributed by atoms with E-state index in [1.165, 1.54) is 0 Å². The molecule has 1 unspecified atom stereocenters. The molecule has 1 aromatic rings. The number of thioether (sulfide) groups is 1. The van der Waals surface area contributed by atoms with Crippen LogP contribution in [0, 0.1) is 5.92 Å². The summed E-state index contributed by atoms with van der Waals surface area (Å²) in [7, 11) is 1.87. The van der Waals surface area contributed by atoms with Crippen LogP contribution in [0.5, 0.6) is 0 Å². The van der Waals surface area contributed by atoms with Gasteiger partial charge in [0.1, 0.15) is 0 Å². The normalized spacial score (nSPS) is 13.4. The standard InChI is InChI=1S/C9H18BrN5S/c1-6(2)4-16-5-7(12-11)8-9(10)13-14-15(8)3/h6-7,12H,4-5,11H2,1-3H3. The summed E-state index contributed by atoms with van der Waals surface area (Å²) >= 11 is 5.26. The molecule has 1 heterocycles. The minimum Gasteiger partial charge on any atom is -0.271 e. The Labute approximate surface area is 109 Å². The van der Waals surface area contributed by atoms with Crippen LogP contribution in [0.1, 0.15) is 25.6 Å².